The van der Waals surface area contributed by atoms with Crippen molar-refractivity contribution in [2.75, 3.05) is 6.61 Å². The van der Waals surface area contributed by atoms with Crippen LogP contribution in [0.2, 0.25) is 0 Å². The number of hydrogen-bond donors (Lipinski definition) is 1. The molecule has 1 fully saturated rings. The van der Waals surface area contributed by atoms with E-state index in [-0.39, 0.29) is 12.0 Å². The second kappa shape index (κ2) is 3.80. The van der Waals surface area contributed by atoms with Gasteiger partial charge in [0, 0.05) is 12.2 Å². The molecule has 74 valence electrons. The molecule has 1 aromatic carbocycles. The van der Waals surface area contributed by atoms with E-state index < -0.39 is 0 Å². The Kier molecular flexibility index (Phi) is 2.50. The molecule has 0 spiro atoms. The molecule has 1 aromatic rings. The van der Waals surface area contributed by atoms with E-state index >= 15 is 0 Å². The summed E-state index contributed by atoms with van der Waals surface area (Å²) < 4.78 is 5.52. The fraction of sp³-hybridized carbons (Fsp3) is 0.364. The summed E-state index contributed by atoms with van der Waals surface area (Å²) in [5.41, 5.74) is 6.80. The van der Waals surface area contributed by atoms with Gasteiger partial charge < -0.3 is 10.5 Å². The predicted molar refractivity (Wildman–Crippen MR) is 52.9 cm³/mol. The van der Waals surface area contributed by atoms with Gasteiger partial charge in [-0.1, -0.05) is 18.2 Å². The van der Waals surface area contributed by atoms with Crippen LogP contribution in [0.1, 0.15) is 34.9 Å². The largest absolute Gasteiger partial charge is 0.374 e. The topological polar surface area (TPSA) is 52.3 Å². The van der Waals surface area contributed by atoms with Gasteiger partial charge in [-0.3, -0.25) is 4.79 Å². The standard InChI is InChI=1S/C11H13NO2/c12-11(13)9-5-2-1-4-8(9)10-6-3-7-14-10/h1-2,4-5,10H,3,6-7H2,(H2,12,13). The van der Waals surface area contributed by atoms with Crippen molar-refractivity contribution in [2.45, 2.75) is 18.9 Å². The van der Waals surface area contributed by atoms with Gasteiger partial charge in [0.1, 0.15) is 0 Å². The maximum Gasteiger partial charge on any atom is 0.249 e. The zero-order valence-corrected chi connectivity index (χ0v) is 7.90. The Morgan fingerprint density at radius 2 is 2.21 bits per heavy atom. The summed E-state index contributed by atoms with van der Waals surface area (Å²) in [4.78, 5) is 11.1. The normalized spacial score (nSPS) is 21.0. The molecule has 2 N–H and O–H groups in total. The Hall–Kier alpha value is -1.35. The van der Waals surface area contributed by atoms with Crippen LogP contribution in [-0.4, -0.2) is 12.5 Å². The molecule has 0 radical (unpaired) electrons. The summed E-state index contributed by atoms with van der Waals surface area (Å²) in [7, 11) is 0. The van der Waals surface area contributed by atoms with Crippen molar-refractivity contribution in [1.82, 2.24) is 0 Å². The number of ether oxygens (including phenoxy) is 1. The molecule has 14 heavy (non-hydrogen) atoms. The number of rotatable bonds is 2. The summed E-state index contributed by atoms with van der Waals surface area (Å²) in [5, 5.41) is 0. The third kappa shape index (κ3) is 1.63. The van der Waals surface area contributed by atoms with Crippen LogP contribution >= 0.6 is 0 Å². The van der Waals surface area contributed by atoms with Gasteiger partial charge in [-0.25, -0.2) is 0 Å². The molecule has 0 saturated carbocycles. The van der Waals surface area contributed by atoms with Crippen LogP contribution in [0.3, 0.4) is 0 Å². The second-order valence-electron chi connectivity index (χ2n) is 3.45. The minimum absolute atomic E-state index is 0.0544. The fourth-order valence-corrected chi connectivity index (χ4v) is 1.83. The Morgan fingerprint density at radius 3 is 2.86 bits per heavy atom. The van der Waals surface area contributed by atoms with E-state index in [1.807, 2.05) is 18.2 Å². The van der Waals surface area contributed by atoms with Gasteiger partial charge in [0.25, 0.3) is 0 Å². The number of carbonyl (C=O) groups excluding carboxylic acids is 1. The monoisotopic (exact) mass is 191 g/mol. The summed E-state index contributed by atoms with van der Waals surface area (Å²) >= 11 is 0. The van der Waals surface area contributed by atoms with Gasteiger partial charge in [0.15, 0.2) is 0 Å². The second-order valence-corrected chi connectivity index (χ2v) is 3.45. The summed E-state index contributed by atoms with van der Waals surface area (Å²) in [6, 6.07) is 7.39. The number of nitrogens with two attached hydrogens (primary N) is 1. The fourth-order valence-electron chi connectivity index (χ4n) is 1.83. The van der Waals surface area contributed by atoms with Gasteiger partial charge >= 0.3 is 0 Å². The molecular weight excluding hydrogens is 178 g/mol. The van der Waals surface area contributed by atoms with Crippen molar-refractivity contribution in [3.05, 3.63) is 35.4 Å². The van der Waals surface area contributed by atoms with Crippen molar-refractivity contribution in [2.24, 2.45) is 5.73 Å². The highest BCUT2D eigenvalue weighted by atomic mass is 16.5. The molecule has 0 aliphatic carbocycles. The lowest BCUT2D eigenvalue weighted by atomic mass is 10.0. The Morgan fingerprint density at radius 1 is 1.43 bits per heavy atom. The van der Waals surface area contributed by atoms with Crippen LogP contribution in [0.25, 0.3) is 0 Å². The van der Waals surface area contributed by atoms with Gasteiger partial charge in [-0.2, -0.15) is 0 Å². The van der Waals surface area contributed by atoms with Crippen LogP contribution in [0.15, 0.2) is 24.3 Å². The summed E-state index contributed by atoms with van der Waals surface area (Å²) in [5.74, 6) is -0.379. The maximum absolute atomic E-state index is 11.1. The average molecular weight is 191 g/mol. The van der Waals surface area contributed by atoms with Crippen LogP contribution in [0, 0.1) is 0 Å². The van der Waals surface area contributed by atoms with E-state index in [0.29, 0.717) is 5.56 Å². The average Bonchev–Trinajstić information content (AvgIpc) is 2.70. The van der Waals surface area contributed by atoms with Crippen molar-refractivity contribution in [3.63, 3.8) is 0 Å². The van der Waals surface area contributed by atoms with Crippen molar-refractivity contribution < 1.29 is 9.53 Å². The van der Waals surface area contributed by atoms with E-state index in [2.05, 4.69) is 0 Å². The molecule has 1 aliphatic heterocycles. The SMILES string of the molecule is NC(=O)c1ccccc1C1CCCO1. The Bertz CT molecular complexity index is 343. The summed E-state index contributed by atoms with van der Waals surface area (Å²) in [6.45, 7) is 0.776. The molecule has 1 atom stereocenters. The molecule has 1 aliphatic rings. The number of primary amides is 1. The van der Waals surface area contributed by atoms with Gasteiger partial charge in [0.2, 0.25) is 5.91 Å². The number of carbonyl (C=O) groups is 1. The molecule has 0 bridgehead atoms. The molecule has 1 unspecified atom stereocenters. The van der Waals surface area contributed by atoms with E-state index in [1.54, 1.807) is 6.07 Å². The molecule has 1 amide bonds. The lowest BCUT2D eigenvalue weighted by Crippen LogP contribution is -2.15. The third-order valence-electron chi connectivity index (χ3n) is 2.50. The summed E-state index contributed by atoms with van der Waals surface area (Å²) in [6.07, 6.45) is 2.08. The number of hydrogen-bond acceptors (Lipinski definition) is 2. The predicted octanol–water partition coefficient (Wildman–Crippen LogP) is 1.64. The zero-order valence-electron chi connectivity index (χ0n) is 7.90. The molecule has 0 aromatic heterocycles. The lowest BCUT2D eigenvalue weighted by molar-refractivity contribution is 0.0969. The van der Waals surface area contributed by atoms with Crippen LogP contribution in [-0.2, 0) is 4.74 Å². The van der Waals surface area contributed by atoms with Gasteiger partial charge in [-0.05, 0) is 24.5 Å². The molecule has 1 saturated heterocycles. The molecule has 3 heteroatoms. The first-order chi connectivity index (χ1) is 6.79. The lowest BCUT2D eigenvalue weighted by Gasteiger charge is -2.12. The van der Waals surface area contributed by atoms with Gasteiger partial charge in [-0.15, -0.1) is 0 Å². The zero-order chi connectivity index (χ0) is 9.97. The highest BCUT2D eigenvalue weighted by Gasteiger charge is 2.21. The molecule has 1 heterocycles. The van der Waals surface area contributed by atoms with E-state index in [9.17, 15) is 4.79 Å². The van der Waals surface area contributed by atoms with E-state index in [0.717, 1.165) is 25.0 Å². The van der Waals surface area contributed by atoms with E-state index in [4.69, 9.17) is 10.5 Å². The van der Waals surface area contributed by atoms with Crippen molar-refractivity contribution >= 4 is 5.91 Å². The minimum atomic E-state index is -0.379. The Labute approximate surface area is 82.9 Å². The molecular formula is C11H13NO2. The number of benzene rings is 1. The first-order valence-corrected chi connectivity index (χ1v) is 4.79. The van der Waals surface area contributed by atoms with Crippen molar-refractivity contribution in [3.8, 4) is 0 Å². The first-order valence-electron chi connectivity index (χ1n) is 4.79. The highest BCUT2D eigenvalue weighted by Crippen LogP contribution is 2.30. The quantitative estimate of drug-likeness (QED) is 0.772. The van der Waals surface area contributed by atoms with E-state index in [1.165, 1.54) is 0 Å². The van der Waals surface area contributed by atoms with Crippen molar-refractivity contribution in [1.29, 1.82) is 0 Å². The van der Waals surface area contributed by atoms with Gasteiger partial charge in [0.05, 0.1) is 6.10 Å². The highest BCUT2D eigenvalue weighted by molar-refractivity contribution is 5.94. The van der Waals surface area contributed by atoms with Crippen LogP contribution in [0.4, 0.5) is 0 Å². The smallest absolute Gasteiger partial charge is 0.249 e. The molecule has 3 nitrogen and oxygen atoms in total. The van der Waals surface area contributed by atoms with Crippen LogP contribution in [0.5, 0.6) is 0 Å². The molecule has 2 rings (SSSR count). The third-order valence-corrected chi connectivity index (χ3v) is 2.50. The number of amides is 1. The Balaban J connectivity index is 2.35. The minimum Gasteiger partial charge on any atom is -0.374 e. The van der Waals surface area contributed by atoms with Crippen LogP contribution < -0.4 is 5.73 Å². The first kappa shape index (κ1) is 9.21. The maximum atomic E-state index is 11.1.